The Morgan fingerprint density at radius 2 is 1.53 bits per heavy atom. The molecule has 30 heavy (non-hydrogen) atoms. The number of anilines is 1. The highest BCUT2D eigenvalue weighted by molar-refractivity contribution is 7.92. The summed E-state index contributed by atoms with van der Waals surface area (Å²) in [6.07, 6.45) is 1.29. The zero-order valence-corrected chi connectivity index (χ0v) is 17.0. The fourth-order valence-electron chi connectivity index (χ4n) is 3.09. The van der Waals surface area contributed by atoms with E-state index in [9.17, 15) is 26.4 Å². The van der Waals surface area contributed by atoms with Crippen molar-refractivity contribution in [2.45, 2.75) is 22.6 Å². The minimum atomic E-state index is -4.14. The van der Waals surface area contributed by atoms with Crippen LogP contribution in [0.3, 0.4) is 0 Å². The lowest BCUT2D eigenvalue weighted by Crippen LogP contribution is -2.29. The molecule has 4 rings (SSSR count). The van der Waals surface area contributed by atoms with Gasteiger partial charge in [-0.1, -0.05) is 6.07 Å². The second-order valence-electron chi connectivity index (χ2n) is 6.66. The molecule has 0 aromatic heterocycles. The molecule has 0 atom stereocenters. The molecular weight excluding hydrogens is 432 g/mol. The first-order valence-electron chi connectivity index (χ1n) is 8.84. The number of sulfonamides is 2. The van der Waals surface area contributed by atoms with Crippen LogP contribution in [0.5, 0.6) is 0 Å². The van der Waals surface area contributed by atoms with Gasteiger partial charge in [0.15, 0.2) is 0 Å². The number of nitrogens with one attached hydrogen (secondary N) is 3. The number of nitrogens with zero attached hydrogens (tertiary/aromatic N) is 1. The summed E-state index contributed by atoms with van der Waals surface area (Å²) in [6.45, 7) is 0.558. The Morgan fingerprint density at radius 3 is 2.27 bits per heavy atom. The van der Waals surface area contributed by atoms with Crippen molar-refractivity contribution in [3.63, 3.8) is 0 Å². The lowest BCUT2D eigenvalue weighted by atomic mass is 10.1. The Kier molecular flexibility index (Phi) is 4.82. The van der Waals surface area contributed by atoms with Crippen molar-refractivity contribution in [2.75, 3.05) is 11.3 Å². The van der Waals surface area contributed by atoms with Gasteiger partial charge in [0.2, 0.25) is 0 Å². The molecule has 2 heterocycles. The van der Waals surface area contributed by atoms with E-state index in [1.807, 2.05) is 0 Å². The highest BCUT2D eigenvalue weighted by Gasteiger charge is 2.29. The van der Waals surface area contributed by atoms with Gasteiger partial charge in [-0.2, -0.15) is 0 Å². The third kappa shape index (κ3) is 3.78. The summed E-state index contributed by atoms with van der Waals surface area (Å²) in [5, 5.41) is 2.09. The summed E-state index contributed by atoms with van der Waals surface area (Å²) in [6, 6.07) is 8.85. The Hall–Kier alpha value is -3.25. The van der Waals surface area contributed by atoms with Gasteiger partial charge in [0, 0.05) is 13.0 Å². The normalized spacial score (nSPS) is 16.1. The number of rotatable bonds is 5. The molecule has 0 radical (unpaired) electrons. The molecule has 12 heteroatoms. The molecule has 0 saturated carbocycles. The van der Waals surface area contributed by atoms with E-state index in [-0.39, 0.29) is 26.6 Å². The molecule has 156 valence electrons. The van der Waals surface area contributed by atoms with Crippen molar-refractivity contribution < 1.29 is 26.4 Å². The molecule has 0 spiro atoms. The van der Waals surface area contributed by atoms with E-state index in [1.165, 1.54) is 36.4 Å². The lowest BCUT2D eigenvalue weighted by molar-refractivity contribution is 0.0879. The van der Waals surface area contributed by atoms with E-state index in [0.717, 1.165) is 12.5 Å². The summed E-state index contributed by atoms with van der Waals surface area (Å²) in [5.74, 6) is -0.905. The molecule has 0 unspecified atom stereocenters. The molecule has 10 nitrogen and oxygen atoms in total. The number of hydrogen-bond acceptors (Lipinski definition) is 7. The van der Waals surface area contributed by atoms with Gasteiger partial charge < -0.3 is 0 Å². The number of fused-ring (bicyclic) bond motifs is 1. The maximum Gasteiger partial charge on any atom is 0.262 e. The molecular formula is C18H16N4O6S2. The van der Waals surface area contributed by atoms with Crippen molar-refractivity contribution in [1.82, 2.24) is 10.0 Å². The molecule has 2 amide bonds. The summed E-state index contributed by atoms with van der Waals surface area (Å²) < 4.78 is 55.2. The Labute approximate surface area is 172 Å². The summed E-state index contributed by atoms with van der Waals surface area (Å²) in [4.78, 5) is 27.1. The Balaban J connectivity index is 1.60. The number of hydrogen-bond donors (Lipinski definition) is 3. The Bertz CT molecular complexity index is 1320. The summed E-state index contributed by atoms with van der Waals surface area (Å²) >= 11 is 0. The van der Waals surface area contributed by atoms with Crippen molar-refractivity contribution >= 4 is 43.4 Å². The third-order valence-electron chi connectivity index (χ3n) is 4.54. The number of benzene rings is 2. The fourth-order valence-corrected chi connectivity index (χ4v) is 5.30. The first-order valence-corrected chi connectivity index (χ1v) is 11.8. The van der Waals surface area contributed by atoms with E-state index in [1.54, 1.807) is 0 Å². The standard InChI is InChI=1S/C18H16N4O6S2/c23-17-14-7-6-13(10-15(14)18(24)20-17)29(25,26)21-11-3-1-4-12(9-11)30(27,28)22-16-5-2-8-19-16/h1,3-4,6-7,9-10,21H,2,5,8H2,(H,19,22)(H,20,23,24). The highest BCUT2D eigenvalue weighted by atomic mass is 32.2. The molecule has 2 aliphatic heterocycles. The van der Waals surface area contributed by atoms with Crippen LogP contribution in [-0.4, -0.2) is 41.0 Å². The van der Waals surface area contributed by atoms with Crippen molar-refractivity contribution in [3.05, 3.63) is 53.6 Å². The summed E-state index contributed by atoms with van der Waals surface area (Å²) in [7, 11) is -8.05. The predicted octanol–water partition coefficient (Wildman–Crippen LogP) is 0.842. The first kappa shape index (κ1) is 20.0. The van der Waals surface area contributed by atoms with Gasteiger partial charge in [0.25, 0.3) is 31.9 Å². The van der Waals surface area contributed by atoms with Gasteiger partial charge in [-0.3, -0.25) is 29.3 Å². The minimum Gasteiger partial charge on any atom is -0.288 e. The van der Waals surface area contributed by atoms with Gasteiger partial charge in [0.05, 0.1) is 26.6 Å². The van der Waals surface area contributed by atoms with Crippen LogP contribution in [-0.2, 0) is 20.0 Å². The van der Waals surface area contributed by atoms with Crippen LogP contribution in [0.25, 0.3) is 0 Å². The van der Waals surface area contributed by atoms with Crippen molar-refractivity contribution in [1.29, 1.82) is 0 Å². The lowest BCUT2D eigenvalue weighted by Gasteiger charge is -2.11. The quantitative estimate of drug-likeness (QED) is 0.577. The van der Waals surface area contributed by atoms with Gasteiger partial charge in [-0.25, -0.2) is 16.8 Å². The van der Waals surface area contributed by atoms with Crippen molar-refractivity contribution in [2.24, 2.45) is 4.99 Å². The van der Waals surface area contributed by atoms with Gasteiger partial charge in [-0.15, -0.1) is 0 Å². The second-order valence-corrected chi connectivity index (χ2v) is 10.0. The van der Waals surface area contributed by atoms with Gasteiger partial charge in [-0.05, 0) is 42.8 Å². The zero-order valence-electron chi connectivity index (χ0n) is 15.4. The van der Waals surface area contributed by atoms with Crippen LogP contribution >= 0.6 is 0 Å². The average molecular weight is 448 g/mol. The largest absolute Gasteiger partial charge is 0.288 e. The smallest absolute Gasteiger partial charge is 0.262 e. The molecule has 2 aliphatic rings. The van der Waals surface area contributed by atoms with E-state index in [0.29, 0.717) is 18.8 Å². The molecule has 0 aliphatic carbocycles. The van der Waals surface area contributed by atoms with Crippen LogP contribution in [0, 0.1) is 0 Å². The van der Waals surface area contributed by atoms with Gasteiger partial charge >= 0.3 is 0 Å². The topological polar surface area (TPSA) is 151 Å². The van der Waals surface area contributed by atoms with Gasteiger partial charge in [0.1, 0.15) is 5.84 Å². The number of aliphatic imine (C=N–C) groups is 1. The maximum absolute atomic E-state index is 12.7. The highest BCUT2D eigenvalue weighted by Crippen LogP contribution is 2.23. The molecule has 0 saturated heterocycles. The predicted molar refractivity (Wildman–Crippen MR) is 107 cm³/mol. The van der Waals surface area contributed by atoms with Crippen LogP contribution in [0.2, 0.25) is 0 Å². The van der Waals surface area contributed by atoms with E-state index in [4.69, 9.17) is 0 Å². The molecule has 2 aromatic carbocycles. The van der Waals surface area contributed by atoms with Crippen LogP contribution < -0.4 is 14.8 Å². The Morgan fingerprint density at radius 1 is 0.833 bits per heavy atom. The van der Waals surface area contributed by atoms with Crippen LogP contribution in [0.15, 0.2) is 57.2 Å². The zero-order chi connectivity index (χ0) is 21.5. The second kappa shape index (κ2) is 7.22. The maximum atomic E-state index is 12.7. The van der Waals surface area contributed by atoms with Crippen LogP contribution in [0.1, 0.15) is 33.6 Å². The number of amidine groups is 1. The number of amides is 2. The molecule has 3 N–H and O–H groups in total. The number of carbonyl (C=O) groups excluding carboxylic acids is 2. The van der Waals surface area contributed by atoms with E-state index in [2.05, 4.69) is 19.8 Å². The SMILES string of the molecule is O=C1NC(=O)c2cc(S(=O)(=O)Nc3cccc(S(=O)(=O)NC4=NCCC4)c3)ccc21. The average Bonchev–Trinajstić information content (AvgIpc) is 3.29. The van der Waals surface area contributed by atoms with Crippen LogP contribution in [0.4, 0.5) is 5.69 Å². The first-order chi connectivity index (χ1) is 14.2. The van der Waals surface area contributed by atoms with Crippen molar-refractivity contribution in [3.8, 4) is 0 Å². The van der Waals surface area contributed by atoms with E-state index < -0.39 is 31.9 Å². The number of imide groups is 1. The third-order valence-corrected chi connectivity index (χ3v) is 7.30. The number of carbonyl (C=O) groups is 2. The minimum absolute atomic E-state index is 0.0206. The molecule has 0 bridgehead atoms. The molecule has 0 fully saturated rings. The van der Waals surface area contributed by atoms with E-state index >= 15 is 0 Å². The summed E-state index contributed by atoms with van der Waals surface area (Å²) in [5.41, 5.74) is 0.0703. The fraction of sp³-hybridized carbons (Fsp3) is 0.167. The monoisotopic (exact) mass is 448 g/mol. The molecule has 2 aromatic rings.